The average Bonchev–Trinajstić information content (AvgIpc) is 3.13. The first-order chi connectivity index (χ1) is 13.5. The van der Waals surface area contributed by atoms with Gasteiger partial charge < -0.3 is 0 Å². The molecule has 0 aromatic carbocycles. The maximum Gasteiger partial charge on any atom is 0.243 e. The fourth-order valence-electron chi connectivity index (χ4n) is 4.08. The van der Waals surface area contributed by atoms with Crippen LogP contribution in [0.3, 0.4) is 0 Å². The van der Waals surface area contributed by atoms with Crippen molar-refractivity contribution in [1.29, 1.82) is 0 Å². The van der Waals surface area contributed by atoms with Gasteiger partial charge in [-0.3, -0.25) is 24.6 Å². The monoisotopic (exact) mass is 385 g/mol. The van der Waals surface area contributed by atoms with Gasteiger partial charge in [-0.2, -0.15) is 5.10 Å². The lowest BCUT2D eigenvalue weighted by Gasteiger charge is -2.42. The van der Waals surface area contributed by atoms with Crippen molar-refractivity contribution in [2.75, 3.05) is 32.0 Å². The number of hydrogen-bond acceptors (Lipinski definition) is 6. The lowest BCUT2D eigenvalue weighted by Crippen LogP contribution is -2.47. The highest BCUT2D eigenvalue weighted by atomic mass is 16.2. The Bertz CT molecular complexity index is 763. The minimum atomic E-state index is -0.268. The molecule has 1 N–H and O–H groups in total. The van der Waals surface area contributed by atoms with Crippen LogP contribution in [0.15, 0.2) is 30.9 Å². The quantitative estimate of drug-likeness (QED) is 0.785. The van der Waals surface area contributed by atoms with Crippen molar-refractivity contribution >= 4 is 11.9 Å². The largest absolute Gasteiger partial charge is 0.296 e. The highest BCUT2D eigenvalue weighted by Crippen LogP contribution is 2.36. The van der Waals surface area contributed by atoms with Crippen LogP contribution in [0.4, 0.5) is 5.95 Å². The molecule has 28 heavy (non-hydrogen) atoms. The average molecular weight is 386 g/mol. The van der Waals surface area contributed by atoms with Crippen LogP contribution in [-0.2, 0) is 11.8 Å². The maximum absolute atomic E-state index is 12.6. The van der Waals surface area contributed by atoms with Crippen LogP contribution in [0.5, 0.6) is 0 Å². The molecular formula is C20H31N7O. The maximum atomic E-state index is 12.6. The number of piperidine rings is 1. The number of rotatable bonds is 7. The SMILES string of the molecule is CCN1CCC[C@@H](CN(C)[C@@H](C)C(=O)Nc2ncccn2)[C@@H]1c1cnn(C)c1. The van der Waals surface area contributed by atoms with Crippen LogP contribution >= 0.6 is 0 Å². The minimum Gasteiger partial charge on any atom is -0.296 e. The van der Waals surface area contributed by atoms with Gasteiger partial charge in [-0.1, -0.05) is 6.92 Å². The van der Waals surface area contributed by atoms with Gasteiger partial charge in [0.1, 0.15) is 0 Å². The molecule has 3 heterocycles. The number of likely N-dealkylation sites (tertiary alicyclic amines) is 1. The predicted octanol–water partition coefficient (Wildman–Crippen LogP) is 1.94. The normalized spacial score (nSPS) is 21.6. The number of nitrogens with one attached hydrogen (secondary N) is 1. The van der Waals surface area contributed by atoms with Gasteiger partial charge in [0, 0.05) is 43.8 Å². The fraction of sp³-hybridized carbons (Fsp3) is 0.600. The first-order valence-electron chi connectivity index (χ1n) is 10.00. The van der Waals surface area contributed by atoms with Gasteiger partial charge in [0.05, 0.1) is 12.2 Å². The summed E-state index contributed by atoms with van der Waals surface area (Å²) in [6, 6.07) is 1.80. The molecule has 2 aromatic rings. The number of amides is 1. The zero-order chi connectivity index (χ0) is 20.1. The fourth-order valence-corrected chi connectivity index (χ4v) is 4.08. The Kier molecular flexibility index (Phi) is 6.74. The van der Waals surface area contributed by atoms with E-state index in [1.165, 1.54) is 12.0 Å². The Labute approximate surface area is 167 Å². The Morgan fingerprint density at radius 3 is 2.79 bits per heavy atom. The van der Waals surface area contributed by atoms with Crippen LogP contribution in [-0.4, -0.2) is 68.2 Å². The molecule has 1 fully saturated rings. The summed E-state index contributed by atoms with van der Waals surface area (Å²) in [5, 5.41) is 7.18. The summed E-state index contributed by atoms with van der Waals surface area (Å²) in [6.07, 6.45) is 9.68. The highest BCUT2D eigenvalue weighted by Gasteiger charge is 2.34. The molecule has 152 valence electrons. The van der Waals surface area contributed by atoms with Gasteiger partial charge in [0.15, 0.2) is 0 Å². The molecule has 1 saturated heterocycles. The van der Waals surface area contributed by atoms with Gasteiger partial charge in [-0.05, 0) is 51.9 Å². The van der Waals surface area contributed by atoms with Crippen molar-refractivity contribution in [3.63, 3.8) is 0 Å². The first-order valence-corrected chi connectivity index (χ1v) is 10.00. The number of hydrogen-bond donors (Lipinski definition) is 1. The van der Waals surface area contributed by atoms with Crippen molar-refractivity contribution in [3.05, 3.63) is 36.4 Å². The van der Waals surface area contributed by atoms with E-state index in [-0.39, 0.29) is 11.9 Å². The molecule has 8 heteroatoms. The zero-order valence-electron chi connectivity index (χ0n) is 17.2. The Hall–Kier alpha value is -2.32. The molecule has 0 spiro atoms. The molecule has 8 nitrogen and oxygen atoms in total. The van der Waals surface area contributed by atoms with Crippen LogP contribution < -0.4 is 5.32 Å². The number of carbonyl (C=O) groups excluding carboxylic acids is 1. The van der Waals surface area contributed by atoms with Crippen molar-refractivity contribution in [1.82, 2.24) is 29.5 Å². The molecule has 0 aliphatic carbocycles. The minimum absolute atomic E-state index is 0.0882. The number of anilines is 1. The van der Waals surface area contributed by atoms with Crippen LogP contribution in [0, 0.1) is 5.92 Å². The molecule has 3 rings (SSSR count). The summed E-state index contributed by atoms with van der Waals surface area (Å²) in [6.45, 7) is 7.11. The van der Waals surface area contributed by atoms with Gasteiger partial charge in [-0.25, -0.2) is 9.97 Å². The van der Waals surface area contributed by atoms with E-state index in [4.69, 9.17) is 0 Å². The second kappa shape index (κ2) is 9.25. The van der Waals surface area contributed by atoms with Gasteiger partial charge in [0.25, 0.3) is 0 Å². The number of aryl methyl sites for hydroxylation is 1. The third-order valence-corrected chi connectivity index (χ3v) is 5.70. The number of aromatic nitrogens is 4. The first kappa shape index (κ1) is 20.4. The van der Waals surface area contributed by atoms with E-state index in [0.717, 1.165) is 26.1 Å². The van der Waals surface area contributed by atoms with E-state index in [1.807, 2.05) is 31.9 Å². The number of likely N-dealkylation sites (N-methyl/N-ethyl adjacent to an activating group) is 1. The lowest BCUT2D eigenvalue weighted by atomic mass is 9.85. The third kappa shape index (κ3) is 4.74. The molecule has 1 amide bonds. The van der Waals surface area contributed by atoms with E-state index in [0.29, 0.717) is 17.9 Å². The van der Waals surface area contributed by atoms with Gasteiger partial charge in [0.2, 0.25) is 11.9 Å². The van der Waals surface area contributed by atoms with E-state index >= 15 is 0 Å². The molecule has 0 radical (unpaired) electrons. The van der Waals surface area contributed by atoms with E-state index in [2.05, 4.69) is 43.3 Å². The zero-order valence-corrected chi connectivity index (χ0v) is 17.2. The summed E-state index contributed by atoms with van der Waals surface area (Å²) in [7, 11) is 3.98. The summed E-state index contributed by atoms with van der Waals surface area (Å²) in [5.41, 5.74) is 1.26. The molecule has 1 aliphatic rings. The second-order valence-corrected chi connectivity index (χ2v) is 7.60. The molecule has 2 aromatic heterocycles. The lowest BCUT2D eigenvalue weighted by molar-refractivity contribution is -0.120. The summed E-state index contributed by atoms with van der Waals surface area (Å²) in [4.78, 5) is 25.4. The van der Waals surface area contributed by atoms with Crippen molar-refractivity contribution in [2.45, 2.75) is 38.8 Å². The third-order valence-electron chi connectivity index (χ3n) is 5.70. The van der Waals surface area contributed by atoms with E-state index in [9.17, 15) is 4.79 Å². The Morgan fingerprint density at radius 2 is 2.14 bits per heavy atom. The summed E-state index contributed by atoms with van der Waals surface area (Å²) in [5.74, 6) is 0.705. The topological polar surface area (TPSA) is 79.2 Å². The molecule has 0 unspecified atom stereocenters. The van der Waals surface area contributed by atoms with Crippen LogP contribution in [0.2, 0.25) is 0 Å². The summed E-state index contributed by atoms with van der Waals surface area (Å²) < 4.78 is 1.87. The van der Waals surface area contributed by atoms with Crippen molar-refractivity contribution < 1.29 is 4.79 Å². The number of carbonyl (C=O) groups is 1. The number of nitrogens with zero attached hydrogens (tertiary/aromatic N) is 6. The van der Waals surface area contributed by atoms with Crippen LogP contribution in [0.25, 0.3) is 0 Å². The highest BCUT2D eigenvalue weighted by molar-refractivity contribution is 5.92. The van der Waals surface area contributed by atoms with Crippen molar-refractivity contribution in [3.8, 4) is 0 Å². The Morgan fingerprint density at radius 1 is 1.39 bits per heavy atom. The molecule has 0 bridgehead atoms. The van der Waals surface area contributed by atoms with E-state index in [1.54, 1.807) is 18.5 Å². The van der Waals surface area contributed by atoms with E-state index < -0.39 is 0 Å². The van der Waals surface area contributed by atoms with Gasteiger partial charge >= 0.3 is 0 Å². The van der Waals surface area contributed by atoms with Crippen LogP contribution in [0.1, 0.15) is 38.3 Å². The predicted molar refractivity (Wildman–Crippen MR) is 109 cm³/mol. The standard InChI is InChI=1S/C20H31N7O/c1-5-27-11-6-8-16(18(27)17-12-23-26(4)14-17)13-25(3)15(2)19(28)24-20-21-9-7-10-22-20/h7,9-10,12,14-16,18H,5-6,8,11,13H2,1-4H3,(H,21,22,24,28)/t15-,16-,18+/m0/s1. The second-order valence-electron chi connectivity index (χ2n) is 7.60. The summed E-state index contributed by atoms with van der Waals surface area (Å²) >= 11 is 0. The van der Waals surface area contributed by atoms with Crippen molar-refractivity contribution in [2.24, 2.45) is 13.0 Å². The molecular weight excluding hydrogens is 354 g/mol. The Balaban J connectivity index is 1.68. The molecule has 1 aliphatic heterocycles. The van der Waals surface area contributed by atoms with Gasteiger partial charge in [-0.15, -0.1) is 0 Å². The smallest absolute Gasteiger partial charge is 0.243 e. The molecule has 3 atom stereocenters. The molecule has 0 saturated carbocycles.